The molecule has 1 unspecified atom stereocenters. The lowest BCUT2D eigenvalue weighted by Crippen LogP contribution is -2.09. The van der Waals surface area contributed by atoms with E-state index in [1.165, 1.54) is 12.3 Å². The SMILES string of the molecule is Cc1cc([N+](=O)[O-])cnc1NC(C)c1cccc(Br)c1. The summed E-state index contributed by atoms with van der Waals surface area (Å²) in [6, 6.07) is 9.55. The topological polar surface area (TPSA) is 68.1 Å². The van der Waals surface area contributed by atoms with Gasteiger partial charge in [-0.15, -0.1) is 0 Å². The van der Waals surface area contributed by atoms with Gasteiger partial charge in [0.1, 0.15) is 12.0 Å². The van der Waals surface area contributed by atoms with Crippen molar-refractivity contribution in [3.05, 3.63) is 62.2 Å². The highest BCUT2D eigenvalue weighted by Gasteiger charge is 2.12. The van der Waals surface area contributed by atoms with E-state index < -0.39 is 4.92 Å². The number of aromatic nitrogens is 1. The van der Waals surface area contributed by atoms with E-state index in [1.807, 2.05) is 31.2 Å². The van der Waals surface area contributed by atoms with Crippen molar-refractivity contribution >= 4 is 27.4 Å². The molecule has 0 bridgehead atoms. The van der Waals surface area contributed by atoms with Gasteiger partial charge in [0, 0.05) is 16.6 Å². The average molecular weight is 336 g/mol. The van der Waals surface area contributed by atoms with Gasteiger partial charge in [0.2, 0.25) is 0 Å². The Kier molecular flexibility index (Phi) is 4.34. The number of anilines is 1. The van der Waals surface area contributed by atoms with E-state index in [9.17, 15) is 10.1 Å². The van der Waals surface area contributed by atoms with Crippen molar-refractivity contribution < 1.29 is 4.92 Å². The molecular formula is C14H14BrN3O2. The fourth-order valence-corrected chi connectivity index (χ4v) is 2.29. The van der Waals surface area contributed by atoms with Crippen LogP contribution in [0.3, 0.4) is 0 Å². The normalized spacial score (nSPS) is 11.9. The lowest BCUT2D eigenvalue weighted by Gasteiger charge is -2.16. The lowest BCUT2D eigenvalue weighted by molar-refractivity contribution is -0.385. The molecule has 1 heterocycles. The van der Waals surface area contributed by atoms with E-state index in [0.29, 0.717) is 5.82 Å². The molecule has 2 rings (SSSR count). The smallest absolute Gasteiger partial charge is 0.287 e. The molecule has 1 aromatic carbocycles. The summed E-state index contributed by atoms with van der Waals surface area (Å²) in [5.41, 5.74) is 1.86. The van der Waals surface area contributed by atoms with Crippen molar-refractivity contribution in [2.24, 2.45) is 0 Å². The van der Waals surface area contributed by atoms with Crippen LogP contribution >= 0.6 is 15.9 Å². The quantitative estimate of drug-likeness (QED) is 0.670. The minimum atomic E-state index is -0.443. The number of nitrogens with one attached hydrogen (secondary N) is 1. The third kappa shape index (κ3) is 3.33. The maximum atomic E-state index is 10.7. The van der Waals surface area contributed by atoms with E-state index in [-0.39, 0.29) is 11.7 Å². The zero-order valence-electron chi connectivity index (χ0n) is 11.1. The second kappa shape index (κ2) is 6.00. The summed E-state index contributed by atoms with van der Waals surface area (Å²) >= 11 is 3.44. The van der Waals surface area contributed by atoms with Crippen molar-refractivity contribution in [3.8, 4) is 0 Å². The third-order valence-electron chi connectivity index (χ3n) is 2.98. The van der Waals surface area contributed by atoms with Crippen LogP contribution in [-0.2, 0) is 0 Å². The highest BCUT2D eigenvalue weighted by atomic mass is 79.9. The van der Waals surface area contributed by atoms with Crippen molar-refractivity contribution in [1.29, 1.82) is 0 Å². The zero-order valence-corrected chi connectivity index (χ0v) is 12.7. The maximum absolute atomic E-state index is 10.7. The molecule has 0 aliphatic heterocycles. The Morgan fingerprint density at radius 3 is 2.75 bits per heavy atom. The first-order chi connectivity index (χ1) is 9.47. The van der Waals surface area contributed by atoms with Crippen LogP contribution in [0.15, 0.2) is 41.0 Å². The monoisotopic (exact) mass is 335 g/mol. The molecule has 0 saturated heterocycles. The number of nitrogens with zero attached hydrogens (tertiary/aromatic N) is 2. The molecule has 20 heavy (non-hydrogen) atoms. The van der Waals surface area contributed by atoms with Crippen LogP contribution in [0.5, 0.6) is 0 Å². The van der Waals surface area contributed by atoms with Gasteiger partial charge in [-0.1, -0.05) is 28.1 Å². The maximum Gasteiger partial charge on any atom is 0.287 e. The predicted octanol–water partition coefficient (Wildman–Crippen LogP) is 4.23. The van der Waals surface area contributed by atoms with Gasteiger partial charge >= 0.3 is 0 Å². The molecule has 0 saturated carbocycles. The van der Waals surface area contributed by atoms with Gasteiger partial charge in [0.05, 0.1) is 4.92 Å². The van der Waals surface area contributed by atoms with Gasteiger partial charge in [-0.25, -0.2) is 4.98 Å². The molecule has 0 spiro atoms. The second-order valence-electron chi connectivity index (χ2n) is 4.54. The molecule has 0 fully saturated rings. The highest BCUT2D eigenvalue weighted by Crippen LogP contribution is 2.24. The lowest BCUT2D eigenvalue weighted by atomic mass is 10.1. The Balaban J connectivity index is 2.19. The Morgan fingerprint density at radius 2 is 2.15 bits per heavy atom. The van der Waals surface area contributed by atoms with Crippen LogP contribution in [-0.4, -0.2) is 9.91 Å². The molecule has 0 radical (unpaired) electrons. The average Bonchev–Trinajstić information content (AvgIpc) is 2.40. The zero-order chi connectivity index (χ0) is 14.7. The summed E-state index contributed by atoms with van der Waals surface area (Å²) in [6.07, 6.45) is 1.27. The summed E-state index contributed by atoms with van der Waals surface area (Å²) in [7, 11) is 0. The molecule has 5 nitrogen and oxygen atoms in total. The number of halogens is 1. The summed E-state index contributed by atoms with van der Waals surface area (Å²) in [5.74, 6) is 0.656. The van der Waals surface area contributed by atoms with Gasteiger partial charge in [0.25, 0.3) is 5.69 Å². The third-order valence-corrected chi connectivity index (χ3v) is 3.47. The summed E-state index contributed by atoms with van der Waals surface area (Å²) in [6.45, 7) is 3.82. The van der Waals surface area contributed by atoms with E-state index in [2.05, 4.69) is 26.2 Å². The molecule has 1 N–H and O–H groups in total. The van der Waals surface area contributed by atoms with E-state index in [0.717, 1.165) is 15.6 Å². The van der Waals surface area contributed by atoms with Gasteiger partial charge in [-0.3, -0.25) is 10.1 Å². The van der Waals surface area contributed by atoms with Gasteiger partial charge in [0.15, 0.2) is 0 Å². The van der Waals surface area contributed by atoms with E-state index >= 15 is 0 Å². The molecule has 1 aromatic heterocycles. The fourth-order valence-electron chi connectivity index (χ4n) is 1.88. The Hall–Kier alpha value is -1.95. The number of aryl methyl sites for hydroxylation is 1. The first-order valence-corrected chi connectivity index (χ1v) is 6.89. The van der Waals surface area contributed by atoms with Gasteiger partial charge in [-0.05, 0) is 37.1 Å². The molecule has 0 amide bonds. The van der Waals surface area contributed by atoms with Crippen molar-refractivity contribution in [1.82, 2.24) is 4.98 Å². The second-order valence-corrected chi connectivity index (χ2v) is 5.45. The van der Waals surface area contributed by atoms with Crippen molar-refractivity contribution in [3.63, 3.8) is 0 Å². The van der Waals surface area contributed by atoms with Crippen molar-refractivity contribution in [2.45, 2.75) is 19.9 Å². The first kappa shape index (κ1) is 14.5. The fraction of sp³-hybridized carbons (Fsp3) is 0.214. The number of hydrogen-bond donors (Lipinski definition) is 1. The minimum absolute atomic E-state index is 0.00292. The van der Waals surface area contributed by atoms with Gasteiger partial charge < -0.3 is 5.32 Å². The standard InChI is InChI=1S/C14H14BrN3O2/c1-9-6-13(18(19)20)8-16-14(9)17-10(2)11-4-3-5-12(15)7-11/h3-8,10H,1-2H3,(H,16,17). The number of rotatable bonds is 4. The highest BCUT2D eigenvalue weighted by molar-refractivity contribution is 9.10. The number of benzene rings is 1. The predicted molar refractivity (Wildman–Crippen MR) is 81.8 cm³/mol. The van der Waals surface area contributed by atoms with Crippen LogP contribution in [0.25, 0.3) is 0 Å². The largest absolute Gasteiger partial charge is 0.363 e. The number of hydrogen-bond acceptors (Lipinski definition) is 4. The van der Waals surface area contributed by atoms with Crippen molar-refractivity contribution in [2.75, 3.05) is 5.32 Å². The molecular weight excluding hydrogens is 322 g/mol. The van der Waals surface area contributed by atoms with E-state index in [1.54, 1.807) is 6.92 Å². The van der Waals surface area contributed by atoms with Crippen LogP contribution < -0.4 is 5.32 Å². The molecule has 2 aromatic rings. The molecule has 104 valence electrons. The van der Waals surface area contributed by atoms with Crippen LogP contribution in [0.2, 0.25) is 0 Å². The Labute approximate surface area is 125 Å². The van der Waals surface area contributed by atoms with Crippen LogP contribution in [0.1, 0.15) is 24.1 Å². The molecule has 1 atom stereocenters. The Morgan fingerprint density at radius 1 is 1.40 bits per heavy atom. The summed E-state index contributed by atoms with van der Waals surface area (Å²) in [4.78, 5) is 14.4. The number of nitro groups is 1. The summed E-state index contributed by atoms with van der Waals surface area (Å²) in [5, 5.41) is 14.0. The summed E-state index contributed by atoms with van der Waals surface area (Å²) < 4.78 is 1.01. The van der Waals surface area contributed by atoms with Crippen LogP contribution in [0.4, 0.5) is 11.5 Å². The van der Waals surface area contributed by atoms with Gasteiger partial charge in [-0.2, -0.15) is 0 Å². The van der Waals surface area contributed by atoms with E-state index in [4.69, 9.17) is 0 Å². The molecule has 0 aliphatic carbocycles. The Bertz CT molecular complexity index is 646. The number of pyridine rings is 1. The minimum Gasteiger partial charge on any atom is -0.363 e. The van der Waals surface area contributed by atoms with Crippen LogP contribution in [0, 0.1) is 17.0 Å². The molecule has 6 heteroatoms. The molecule has 0 aliphatic rings. The first-order valence-electron chi connectivity index (χ1n) is 6.10.